The molecule has 0 saturated heterocycles. The Bertz CT molecular complexity index is 542. The highest BCUT2D eigenvalue weighted by Crippen LogP contribution is 2.22. The van der Waals surface area contributed by atoms with Crippen LogP contribution in [-0.4, -0.2) is 29.4 Å². The van der Waals surface area contributed by atoms with E-state index in [2.05, 4.69) is 5.32 Å². The number of likely N-dealkylation sites (N-methyl/N-ethyl adjacent to an activating group) is 1. The first-order valence-corrected chi connectivity index (χ1v) is 6.11. The van der Waals surface area contributed by atoms with E-state index in [1.807, 2.05) is 0 Å². The molecule has 0 unspecified atom stereocenters. The molecule has 0 saturated carbocycles. The Morgan fingerprint density at radius 2 is 2.10 bits per heavy atom. The summed E-state index contributed by atoms with van der Waals surface area (Å²) >= 11 is 0. The molecular formula is C13H16N2O5. The van der Waals surface area contributed by atoms with E-state index in [1.54, 1.807) is 6.92 Å². The third-order valence-corrected chi connectivity index (χ3v) is 2.73. The summed E-state index contributed by atoms with van der Waals surface area (Å²) < 4.78 is 4.99. The lowest BCUT2D eigenvalue weighted by molar-refractivity contribution is -0.385. The van der Waals surface area contributed by atoms with Gasteiger partial charge in [0.25, 0.3) is 11.6 Å². The van der Waals surface area contributed by atoms with E-state index in [1.165, 1.54) is 32.0 Å². The monoisotopic (exact) mass is 280 g/mol. The number of amides is 1. The van der Waals surface area contributed by atoms with Crippen molar-refractivity contribution in [3.05, 3.63) is 39.4 Å². The molecule has 1 atom stereocenters. The molecule has 20 heavy (non-hydrogen) atoms. The van der Waals surface area contributed by atoms with Crippen LogP contribution in [0.15, 0.2) is 18.2 Å². The molecule has 0 spiro atoms. The minimum absolute atomic E-state index is 0.0790. The fraction of sp³-hybridized carbons (Fsp3) is 0.385. The number of benzene rings is 1. The Morgan fingerprint density at radius 3 is 2.65 bits per heavy atom. The van der Waals surface area contributed by atoms with Crippen LogP contribution in [0, 0.1) is 17.0 Å². The number of hydrogen-bond donors (Lipinski definition) is 1. The number of rotatable bonds is 5. The smallest absolute Gasteiger partial charge is 0.339 e. The van der Waals surface area contributed by atoms with Crippen LogP contribution in [0.4, 0.5) is 5.69 Å². The van der Waals surface area contributed by atoms with Gasteiger partial charge in [-0.1, -0.05) is 6.07 Å². The van der Waals surface area contributed by atoms with Crippen LogP contribution < -0.4 is 5.32 Å². The second kappa shape index (κ2) is 6.65. The Morgan fingerprint density at radius 1 is 1.45 bits per heavy atom. The Labute approximate surface area is 116 Å². The van der Waals surface area contributed by atoms with Crippen LogP contribution in [0.5, 0.6) is 0 Å². The lowest BCUT2D eigenvalue weighted by atomic mass is 10.1. The number of carbonyl (C=O) groups excluding carboxylic acids is 2. The van der Waals surface area contributed by atoms with Gasteiger partial charge < -0.3 is 10.1 Å². The van der Waals surface area contributed by atoms with E-state index in [9.17, 15) is 19.7 Å². The first-order chi connectivity index (χ1) is 9.38. The molecule has 0 aliphatic carbocycles. The van der Waals surface area contributed by atoms with E-state index >= 15 is 0 Å². The molecule has 1 aromatic rings. The number of nitrogens with zero attached hydrogens (tertiary/aromatic N) is 1. The fourth-order valence-corrected chi connectivity index (χ4v) is 1.64. The highest BCUT2D eigenvalue weighted by atomic mass is 16.6. The zero-order valence-corrected chi connectivity index (χ0v) is 11.5. The van der Waals surface area contributed by atoms with Gasteiger partial charge in [-0.25, -0.2) is 4.79 Å². The number of nitrogens with one attached hydrogen (secondary N) is 1. The molecule has 0 aliphatic heterocycles. The number of hydrogen-bond acceptors (Lipinski definition) is 5. The summed E-state index contributed by atoms with van der Waals surface area (Å²) in [6.07, 6.45) is -0.957. The third-order valence-electron chi connectivity index (χ3n) is 2.73. The summed E-state index contributed by atoms with van der Waals surface area (Å²) in [5.41, 5.74) is 0.131. The number of nitro groups is 1. The zero-order chi connectivity index (χ0) is 15.3. The van der Waals surface area contributed by atoms with Gasteiger partial charge in [-0.05, 0) is 26.8 Å². The molecule has 0 aromatic heterocycles. The lowest BCUT2D eigenvalue weighted by Crippen LogP contribution is -2.35. The van der Waals surface area contributed by atoms with Gasteiger partial charge in [0.15, 0.2) is 6.10 Å². The predicted octanol–water partition coefficient (Wildman–Crippen LogP) is 1.58. The molecule has 0 bridgehead atoms. The average molecular weight is 280 g/mol. The maximum atomic E-state index is 11.9. The van der Waals surface area contributed by atoms with Crippen molar-refractivity contribution in [2.45, 2.75) is 26.9 Å². The number of esters is 1. The second-order valence-corrected chi connectivity index (χ2v) is 4.15. The van der Waals surface area contributed by atoms with Crippen LogP contribution in [0.25, 0.3) is 0 Å². The van der Waals surface area contributed by atoms with Gasteiger partial charge in [0, 0.05) is 18.2 Å². The normalized spacial score (nSPS) is 11.6. The van der Waals surface area contributed by atoms with Crippen LogP contribution in [-0.2, 0) is 9.53 Å². The third kappa shape index (κ3) is 3.53. The van der Waals surface area contributed by atoms with Crippen LogP contribution >= 0.6 is 0 Å². The van der Waals surface area contributed by atoms with Gasteiger partial charge in [-0.3, -0.25) is 14.9 Å². The van der Waals surface area contributed by atoms with Crippen molar-refractivity contribution in [3.8, 4) is 0 Å². The molecule has 1 aromatic carbocycles. The Kier molecular flexibility index (Phi) is 5.19. The summed E-state index contributed by atoms with van der Waals surface area (Å²) in [6.45, 7) is 5.08. The lowest BCUT2D eigenvalue weighted by Gasteiger charge is -2.13. The molecule has 0 radical (unpaired) electrons. The molecular weight excluding hydrogens is 264 g/mol. The maximum absolute atomic E-state index is 11.9. The van der Waals surface area contributed by atoms with Gasteiger partial charge in [0.1, 0.15) is 0 Å². The van der Waals surface area contributed by atoms with Crippen molar-refractivity contribution in [1.82, 2.24) is 5.32 Å². The molecule has 0 heterocycles. The summed E-state index contributed by atoms with van der Waals surface area (Å²) in [5, 5.41) is 13.3. The van der Waals surface area contributed by atoms with Crippen molar-refractivity contribution in [1.29, 1.82) is 0 Å². The topological polar surface area (TPSA) is 98.5 Å². The Balaban J connectivity index is 2.91. The minimum atomic E-state index is -0.957. The molecule has 1 amide bonds. The molecule has 1 N–H and O–H groups in total. The van der Waals surface area contributed by atoms with E-state index in [-0.39, 0.29) is 16.8 Å². The van der Waals surface area contributed by atoms with Gasteiger partial charge in [-0.2, -0.15) is 0 Å². The SMILES string of the molecule is CCNC(=O)[C@H](C)OC(=O)c1cccc([N+](=O)[O-])c1C. The van der Waals surface area contributed by atoms with Crippen molar-refractivity contribution in [3.63, 3.8) is 0 Å². The minimum Gasteiger partial charge on any atom is -0.449 e. The zero-order valence-electron chi connectivity index (χ0n) is 11.5. The average Bonchev–Trinajstić information content (AvgIpc) is 2.38. The van der Waals surface area contributed by atoms with Gasteiger partial charge in [0.2, 0.25) is 0 Å². The second-order valence-electron chi connectivity index (χ2n) is 4.15. The van der Waals surface area contributed by atoms with Crippen LogP contribution in [0.2, 0.25) is 0 Å². The number of ether oxygens (including phenoxy) is 1. The highest BCUT2D eigenvalue weighted by Gasteiger charge is 2.22. The number of carbonyl (C=O) groups is 2. The van der Waals surface area contributed by atoms with Crippen molar-refractivity contribution in [2.24, 2.45) is 0 Å². The van der Waals surface area contributed by atoms with Gasteiger partial charge in [0.05, 0.1) is 10.5 Å². The molecule has 7 heteroatoms. The standard InChI is InChI=1S/C13H16N2O5/c1-4-14-12(16)9(3)20-13(17)10-6-5-7-11(8(10)2)15(18)19/h5-7,9H,4H2,1-3H3,(H,14,16)/t9-/m0/s1. The summed E-state index contributed by atoms with van der Waals surface area (Å²) in [5.74, 6) is -1.17. The van der Waals surface area contributed by atoms with Crippen LogP contribution in [0.1, 0.15) is 29.8 Å². The summed E-state index contributed by atoms with van der Waals surface area (Å²) in [7, 11) is 0. The van der Waals surface area contributed by atoms with Crippen molar-refractivity contribution >= 4 is 17.6 Å². The molecule has 0 fully saturated rings. The van der Waals surface area contributed by atoms with E-state index in [0.717, 1.165) is 0 Å². The quantitative estimate of drug-likeness (QED) is 0.501. The fourth-order valence-electron chi connectivity index (χ4n) is 1.64. The van der Waals surface area contributed by atoms with E-state index in [4.69, 9.17) is 4.74 Å². The maximum Gasteiger partial charge on any atom is 0.339 e. The molecule has 1 rings (SSSR count). The molecule has 108 valence electrons. The molecule has 0 aliphatic rings. The van der Waals surface area contributed by atoms with Gasteiger partial charge >= 0.3 is 5.97 Å². The highest BCUT2D eigenvalue weighted by molar-refractivity contribution is 5.94. The molecule has 7 nitrogen and oxygen atoms in total. The van der Waals surface area contributed by atoms with Gasteiger partial charge in [-0.15, -0.1) is 0 Å². The first kappa shape index (κ1) is 15.6. The predicted molar refractivity (Wildman–Crippen MR) is 71.4 cm³/mol. The van der Waals surface area contributed by atoms with Crippen molar-refractivity contribution < 1.29 is 19.2 Å². The van der Waals surface area contributed by atoms with E-state index < -0.39 is 22.9 Å². The van der Waals surface area contributed by atoms with E-state index in [0.29, 0.717) is 6.54 Å². The number of nitro benzene ring substituents is 1. The summed E-state index contributed by atoms with van der Waals surface area (Å²) in [4.78, 5) is 33.6. The van der Waals surface area contributed by atoms with Crippen LogP contribution in [0.3, 0.4) is 0 Å². The first-order valence-electron chi connectivity index (χ1n) is 6.11. The largest absolute Gasteiger partial charge is 0.449 e. The van der Waals surface area contributed by atoms with Crippen molar-refractivity contribution in [2.75, 3.05) is 6.54 Å². The Hall–Kier alpha value is -2.44. The summed E-state index contributed by atoms with van der Waals surface area (Å²) in [6, 6.07) is 4.13.